The van der Waals surface area contributed by atoms with Crippen LogP contribution in [0.1, 0.15) is 13.3 Å². The van der Waals surface area contributed by atoms with Crippen LogP contribution in [0.25, 0.3) is 0 Å². The lowest BCUT2D eigenvalue weighted by molar-refractivity contribution is -0.145. The third kappa shape index (κ3) is 1.65. The SMILES string of the molecule is CC[C@](N)(CO)C(=O)O. The van der Waals surface area contributed by atoms with Crippen LogP contribution < -0.4 is 5.73 Å². The van der Waals surface area contributed by atoms with E-state index in [0.29, 0.717) is 0 Å². The number of aliphatic hydroxyl groups excluding tert-OH is 1. The van der Waals surface area contributed by atoms with Gasteiger partial charge in [-0.2, -0.15) is 0 Å². The van der Waals surface area contributed by atoms with Gasteiger partial charge in [0.2, 0.25) is 0 Å². The maximum Gasteiger partial charge on any atom is 0.326 e. The molecule has 0 unspecified atom stereocenters. The van der Waals surface area contributed by atoms with Crippen LogP contribution in [-0.2, 0) is 4.79 Å². The van der Waals surface area contributed by atoms with Gasteiger partial charge in [0, 0.05) is 0 Å². The maximum atomic E-state index is 10.2. The standard InChI is InChI=1S/C5H11NO3/c1-2-5(6,3-7)4(8)9/h7H,2-3,6H2,1H3,(H,8,9)/t5-/m0/s1. The van der Waals surface area contributed by atoms with Crippen LogP contribution >= 0.6 is 0 Å². The summed E-state index contributed by atoms with van der Waals surface area (Å²) in [5.74, 6) is -1.16. The zero-order valence-corrected chi connectivity index (χ0v) is 5.29. The third-order valence-electron chi connectivity index (χ3n) is 1.34. The first kappa shape index (κ1) is 8.39. The second-order valence-corrected chi connectivity index (χ2v) is 1.97. The molecule has 4 N–H and O–H groups in total. The quantitative estimate of drug-likeness (QED) is 0.469. The Morgan fingerprint density at radius 3 is 2.22 bits per heavy atom. The highest BCUT2D eigenvalue weighted by atomic mass is 16.4. The van der Waals surface area contributed by atoms with Gasteiger partial charge in [0.05, 0.1) is 6.61 Å². The molecule has 0 aromatic rings. The van der Waals surface area contributed by atoms with Crippen LogP contribution in [-0.4, -0.2) is 28.3 Å². The van der Waals surface area contributed by atoms with Crippen LogP contribution in [0.5, 0.6) is 0 Å². The maximum absolute atomic E-state index is 10.2. The van der Waals surface area contributed by atoms with Crippen LogP contribution in [0.2, 0.25) is 0 Å². The smallest absolute Gasteiger partial charge is 0.326 e. The minimum Gasteiger partial charge on any atom is -0.480 e. The summed E-state index contributed by atoms with van der Waals surface area (Å²) in [5, 5.41) is 16.8. The fourth-order valence-electron chi connectivity index (χ4n) is 0.331. The molecular formula is C5H11NO3. The molecule has 0 bridgehead atoms. The zero-order valence-electron chi connectivity index (χ0n) is 5.29. The molecule has 0 aliphatic rings. The molecular weight excluding hydrogens is 122 g/mol. The largest absolute Gasteiger partial charge is 0.480 e. The van der Waals surface area contributed by atoms with Crippen molar-refractivity contribution in [1.82, 2.24) is 0 Å². The van der Waals surface area contributed by atoms with Gasteiger partial charge in [-0.3, -0.25) is 4.79 Å². The van der Waals surface area contributed by atoms with Crippen LogP contribution in [0, 0.1) is 0 Å². The van der Waals surface area contributed by atoms with Crippen LogP contribution in [0.3, 0.4) is 0 Å². The molecule has 0 radical (unpaired) electrons. The van der Waals surface area contributed by atoms with Gasteiger partial charge in [-0.25, -0.2) is 0 Å². The lowest BCUT2D eigenvalue weighted by Crippen LogP contribution is -2.50. The molecule has 0 saturated carbocycles. The molecule has 0 rings (SSSR count). The Balaban J connectivity index is 4.09. The lowest BCUT2D eigenvalue weighted by atomic mass is 10.00. The van der Waals surface area contributed by atoms with Crippen LogP contribution in [0.4, 0.5) is 0 Å². The van der Waals surface area contributed by atoms with E-state index in [1.807, 2.05) is 0 Å². The van der Waals surface area contributed by atoms with E-state index in [-0.39, 0.29) is 6.42 Å². The first-order valence-electron chi connectivity index (χ1n) is 2.70. The Hall–Kier alpha value is -0.610. The molecule has 0 amide bonds. The number of aliphatic carboxylic acids is 1. The predicted molar refractivity (Wildman–Crippen MR) is 31.9 cm³/mol. The number of hydrogen-bond acceptors (Lipinski definition) is 3. The van der Waals surface area contributed by atoms with E-state index in [9.17, 15) is 4.79 Å². The van der Waals surface area contributed by atoms with E-state index < -0.39 is 18.1 Å². The number of hydrogen-bond donors (Lipinski definition) is 3. The van der Waals surface area contributed by atoms with Crippen molar-refractivity contribution in [3.8, 4) is 0 Å². The van der Waals surface area contributed by atoms with Gasteiger partial charge in [0.25, 0.3) is 0 Å². The molecule has 0 saturated heterocycles. The van der Waals surface area contributed by atoms with E-state index in [1.54, 1.807) is 6.92 Å². The Morgan fingerprint density at radius 2 is 2.22 bits per heavy atom. The van der Waals surface area contributed by atoms with Gasteiger partial charge >= 0.3 is 5.97 Å². The van der Waals surface area contributed by atoms with E-state index in [2.05, 4.69) is 0 Å². The molecule has 1 atom stereocenters. The summed E-state index contributed by atoms with van der Waals surface area (Å²) >= 11 is 0. The highest BCUT2D eigenvalue weighted by molar-refractivity contribution is 5.78. The Kier molecular flexibility index (Phi) is 2.61. The topological polar surface area (TPSA) is 83.5 Å². The molecule has 0 fully saturated rings. The van der Waals surface area contributed by atoms with Crippen molar-refractivity contribution >= 4 is 5.97 Å². The fraction of sp³-hybridized carbons (Fsp3) is 0.800. The van der Waals surface area contributed by atoms with Gasteiger partial charge in [-0.1, -0.05) is 6.92 Å². The molecule has 0 aliphatic carbocycles. The van der Waals surface area contributed by atoms with Crippen molar-refractivity contribution in [3.63, 3.8) is 0 Å². The van der Waals surface area contributed by atoms with E-state index in [0.717, 1.165) is 0 Å². The molecule has 0 aliphatic heterocycles. The molecule has 0 aromatic carbocycles. The number of aliphatic hydroxyl groups is 1. The zero-order chi connectivity index (χ0) is 7.49. The van der Waals surface area contributed by atoms with Crippen LogP contribution in [0.15, 0.2) is 0 Å². The van der Waals surface area contributed by atoms with Crippen molar-refractivity contribution in [3.05, 3.63) is 0 Å². The first-order chi connectivity index (χ1) is 4.06. The summed E-state index contributed by atoms with van der Waals surface area (Å²) in [6.07, 6.45) is 0.235. The number of carboxylic acids is 1. The monoisotopic (exact) mass is 133 g/mol. The second kappa shape index (κ2) is 2.80. The minimum absolute atomic E-state index is 0.235. The third-order valence-corrected chi connectivity index (χ3v) is 1.34. The summed E-state index contributed by atoms with van der Waals surface area (Å²) in [5.41, 5.74) is 3.75. The van der Waals surface area contributed by atoms with Crippen molar-refractivity contribution in [2.75, 3.05) is 6.61 Å². The number of nitrogens with two attached hydrogens (primary N) is 1. The molecule has 4 nitrogen and oxygen atoms in total. The van der Waals surface area contributed by atoms with Crippen molar-refractivity contribution < 1.29 is 15.0 Å². The Morgan fingerprint density at radius 1 is 1.78 bits per heavy atom. The minimum atomic E-state index is -1.44. The molecule has 9 heavy (non-hydrogen) atoms. The molecule has 0 spiro atoms. The van der Waals surface area contributed by atoms with Crippen molar-refractivity contribution in [2.24, 2.45) is 5.73 Å². The highest BCUT2D eigenvalue weighted by Gasteiger charge is 2.30. The summed E-state index contributed by atoms with van der Waals surface area (Å²) < 4.78 is 0. The number of carbonyl (C=O) groups is 1. The average molecular weight is 133 g/mol. The molecule has 0 aromatic heterocycles. The summed E-state index contributed by atoms with van der Waals surface area (Å²) in [6.45, 7) is 1.10. The van der Waals surface area contributed by atoms with Gasteiger partial charge < -0.3 is 15.9 Å². The summed E-state index contributed by atoms with van der Waals surface area (Å²) in [7, 11) is 0. The van der Waals surface area contributed by atoms with E-state index >= 15 is 0 Å². The second-order valence-electron chi connectivity index (χ2n) is 1.97. The van der Waals surface area contributed by atoms with Crippen molar-refractivity contribution in [1.29, 1.82) is 0 Å². The van der Waals surface area contributed by atoms with E-state index in [4.69, 9.17) is 15.9 Å². The van der Waals surface area contributed by atoms with Gasteiger partial charge in [0.15, 0.2) is 0 Å². The number of carboxylic acid groups (broad SMARTS) is 1. The van der Waals surface area contributed by atoms with Gasteiger partial charge in [-0.15, -0.1) is 0 Å². The predicted octanol–water partition coefficient (Wildman–Crippen LogP) is -0.829. The Bertz CT molecular complexity index is 109. The van der Waals surface area contributed by atoms with Gasteiger partial charge in [0.1, 0.15) is 5.54 Å². The lowest BCUT2D eigenvalue weighted by Gasteiger charge is -2.18. The van der Waals surface area contributed by atoms with Crippen molar-refractivity contribution in [2.45, 2.75) is 18.9 Å². The van der Waals surface area contributed by atoms with Gasteiger partial charge in [-0.05, 0) is 6.42 Å². The molecule has 0 heterocycles. The summed E-state index contributed by atoms with van der Waals surface area (Å²) in [6, 6.07) is 0. The first-order valence-corrected chi connectivity index (χ1v) is 2.70. The highest BCUT2D eigenvalue weighted by Crippen LogP contribution is 2.03. The average Bonchev–Trinajstić information content (AvgIpc) is 1.86. The van der Waals surface area contributed by atoms with E-state index in [1.165, 1.54) is 0 Å². The molecule has 4 heteroatoms. The fourth-order valence-corrected chi connectivity index (χ4v) is 0.331. The number of rotatable bonds is 3. The summed E-state index contributed by atoms with van der Waals surface area (Å²) in [4.78, 5) is 10.2. The Labute approximate surface area is 53.3 Å². The molecule has 54 valence electrons. The normalized spacial score (nSPS) is 16.8.